The van der Waals surface area contributed by atoms with Crippen LogP contribution in [0.5, 0.6) is 0 Å². The molecule has 0 aromatic carbocycles. The van der Waals surface area contributed by atoms with Gasteiger partial charge in [0.05, 0.1) is 11.6 Å². The van der Waals surface area contributed by atoms with Crippen molar-refractivity contribution in [2.24, 2.45) is 10.9 Å². The number of likely N-dealkylation sites (N-methyl/N-ethyl adjacent to an activating group) is 1. The molecule has 0 aromatic heterocycles. The zero-order valence-electron chi connectivity index (χ0n) is 15.5. The lowest BCUT2D eigenvalue weighted by Crippen LogP contribution is -2.49. The van der Waals surface area contributed by atoms with E-state index in [1.807, 2.05) is 4.90 Å². The van der Waals surface area contributed by atoms with E-state index in [1.165, 1.54) is 0 Å². The van der Waals surface area contributed by atoms with Crippen molar-refractivity contribution >= 4 is 34.9 Å². The van der Waals surface area contributed by atoms with Gasteiger partial charge in [0.15, 0.2) is 0 Å². The Morgan fingerprint density at radius 1 is 1.31 bits per heavy atom. The van der Waals surface area contributed by atoms with Crippen molar-refractivity contribution < 1.29 is 9.59 Å². The van der Waals surface area contributed by atoms with Crippen LogP contribution >= 0.6 is 12.2 Å². The van der Waals surface area contributed by atoms with Gasteiger partial charge in [0.25, 0.3) is 5.91 Å². The van der Waals surface area contributed by atoms with Gasteiger partial charge in [0, 0.05) is 31.8 Å². The Balaban J connectivity index is 1.73. The van der Waals surface area contributed by atoms with E-state index < -0.39 is 5.92 Å². The van der Waals surface area contributed by atoms with Crippen molar-refractivity contribution in [3.8, 4) is 0 Å². The molecule has 1 unspecified atom stereocenters. The fourth-order valence-corrected chi connectivity index (χ4v) is 3.85. The van der Waals surface area contributed by atoms with E-state index in [0.29, 0.717) is 22.9 Å². The molecule has 140 valence electrons. The van der Waals surface area contributed by atoms with E-state index in [-0.39, 0.29) is 11.8 Å². The molecule has 0 saturated carbocycles. The quantitative estimate of drug-likeness (QED) is 0.663. The second-order valence-corrected chi connectivity index (χ2v) is 7.14. The minimum atomic E-state index is -0.437. The first kappa shape index (κ1) is 18.9. The van der Waals surface area contributed by atoms with Gasteiger partial charge in [0.1, 0.15) is 0 Å². The molecule has 0 spiro atoms. The van der Waals surface area contributed by atoms with Crippen molar-refractivity contribution in [2.45, 2.75) is 26.7 Å². The lowest BCUT2D eigenvalue weighted by atomic mass is 9.91. The van der Waals surface area contributed by atoms with Crippen LogP contribution < -0.4 is 0 Å². The average Bonchev–Trinajstić information content (AvgIpc) is 3.18. The summed E-state index contributed by atoms with van der Waals surface area (Å²) < 4.78 is 0. The summed E-state index contributed by atoms with van der Waals surface area (Å²) >= 11 is 5.36. The van der Waals surface area contributed by atoms with Gasteiger partial charge in [-0.25, -0.2) is 4.99 Å². The van der Waals surface area contributed by atoms with Gasteiger partial charge in [-0.1, -0.05) is 26.0 Å². The summed E-state index contributed by atoms with van der Waals surface area (Å²) in [6.45, 7) is 9.00. The monoisotopic (exact) mass is 374 g/mol. The first-order valence-electron chi connectivity index (χ1n) is 9.40. The predicted molar refractivity (Wildman–Crippen MR) is 106 cm³/mol. The summed E-state index contributed by atoms with van der Waals surface area (Å²) in [5, 5.41) is 0.299. The molecule has 1 aliphatic carbocycles. The summed E-state index contributed by atoms with van der Waals surface area (Å²) in [6, 6.07) is 0. The number of allylic oxidation sites excluding steroid dienone is 1. The van der Waals surface area contributed by atoms with Gasteiger partial charge in [-0.2, -0.15) is 0 Å². The highest BCUT2D eigenvalue weighted by Gasteiger charge is 2.35. The molecule has 0 radical (unpaired) electrons. The number of hydrogen-bond acceptors (Lipinski definition) is 4. The molecule has 0 aromatic rings. The van der Waals surface area contributed by atoms with Crippen LogP contribution in [-0.4, -0.2) is 76.6 Å². The molecule has 0 N–H and O–H groups in total. The number of hydrogen-bond donors (Lipinski definition) is 0. The Morgan fingerprint density at radius 3 is 2.65 bits per heavy atom. The molecular weight excluding hydrogens is 348 g/mol. The van der Waals surface area contributed by atoms with E-state index in [9.17, 15) is 9.59 Å². The minimum absolute atomic E-state index is 0.0160. The molecule has 3 rings (SSSR count). The van der Waals surface area contributed by atoms with Crippen molar-refractivity contribution in [2.75, 3.05) is 39.3 Å². The molecule has 1 saturated heterocycles. The van der Waals surface area contributed by atoms with Gasteiger partial charge in [0.2, 0.25) is 11.0 Å². The molecule has 6 nitrogen and oxygen atoms in total. The van der Waals surface area contributed by atoms with E-state index in [1.54, 1.807) is 23.1 Å². The maximum absolute atomic E-state index is 12.9. The number of amides is 2. The molecule has 7 heteroatoms. The highest BCUT2D eigenvalue weighted by Crippen LogP contribution is 2.24. The molecule has 1 atom stereocenters. The van der Waals surface area contributed by atoms with E-state index in [4.69, 9.17) is 12.2 Å². The Kier molecular flexibility index (Phi) is 5.98. The largest absolute Gasteiger partial charge is 0.339 e. The van der Waals surface area contributed by atoms with Crippen LogP contribution in [0, 0.1) is 5.92 Å². The summed E-state index contributed by atoms with van der Waals surface area (Å²) in [4.78, 5) is 35.6. The number of rotatable bonds is 6. The fourth-order valence-electron chi connectivity index (χ4n) is 3.56. The van der Waals surface area contributed by atoms with Gasteiger partial charge >= 0.3 is 0 Å². The summed E-state index contributed by atoms with van der Waals surface area (Å²) in [6.07, 6.45) is 7.39. The van der Waals surface area contributed by atoms with Crippen LogP contribution in [0.25, 0.3) is 0 Å². The number of carbonyl (C=O) groups is 2. The molecular formula is C19H26N4O2S. The van der Waals surface area contributed by atoms with Gasteiger partial charge in [-0.05, 0) is 44.2 Å². The van der Waals surface area contributed by atoms with E-state index in [0.717, 1.165) is 45.6 Å². The van der Waals surface area contributed by atoms with Crippen molar-refractivity contribution in [3.05, 3.63) is 23.8 Å². The van der Waals surface area contributed by atoms with Crippen LogP contribution in [0.1, 0.15) is 26.7 Å². The van der Waals surface area contributed by atoms with E-state index in [2.05, 4.69) is 23.7 Å². The molecule has 1 fully saturated rings. The third-order valence-electron chi connectivity index (χ3n) is 5.25. The van der Waals surface area contributed by atoms with Crippen LogP contribution in [-0.2, 0) is 9.59 Å². The smallest absolute Gasteiger partial charge is 0.253 e. The first-order valence-corrected chi connectivity index (χ1v) is 9.81. The summed E-state index contributed by atoms with van der Waals surface area (Å²) in [5.74, 6) is -0.469. The number of nitrogens with zero attached hydrogens (tertiary/aromatic N) is 4. The topological polar surface area (TPSA) is 56.2 Å². The fraction of sp³-hybridized carbons (Fsp3) is 0.579. The second kappa shape index (κ2) is 8.22. The molecule has 2 aliphatic heterocycles. The third-order valence-corrected chi connectivity index (χ3v) is 5.56. The van der Waals surface area contributed by atoms with Crippen LogP contribution in [0.2, 0.25) is 0 Å². The number of likely N-dealkylation sites (tertiary alicyclic amines) is 1. The summed E-state index contributed by atoms with van der Waals surface area (Å²) in [7, 11) is 0. The zero-order valence-corrected chi connectivity index (χ0v) is 16.3. The van der Waals surface area contributed by atoms with Gasteiger partial charge in [-0.3, -0.25) is 14.5 Å². The van der Waals surface area contributed by atoms with Crippen LogP contribution in [0.4, 0.5) is 0 Å². The Morgan fingerprint density at radius 2 is 2.00 bits per heavy atom. The predicted octanol–water partition coefficient (Wildman–Crippen LogP) is 1.63. The van der Waals surface area contributed by atoms with Crippen molar-refractivity contribution in [1.29, 1.82) is 0 Å². The number of carbonyl (C=O) groups excluding carboxylic acids is 2. The number of fused-ring (bicyclic) bond motifs is 1. The molecule has 2 amide bonds. The van der Waals surface area contributed by atoms with E-state index >= 15 is 0 Å². The highest BCUT2D eigenvalue weighted by atomic mass is 32.1. The second-order valence-electron chi connectivity index (χ2n) is 6.77. The van der Waals surface area contributed by atoms with Crippen LogP contribution in [0.3, 0.4) is 0 Å². The minimum Gasteiger partial charge on any atom is -0.339 e. The number of aliphatic imine (C=N–C) groups is 1. The summed E-state index contributed by atoms with van der Waals surface area (Å²) in [5.41, 5.74) is 1.18. The molecule has 0 bridgehead atoms. The normalized spacial score (nSPS) is 22.7. The zero-order chi connectivity index (χ0) is 18.7. The Hall–Kier alpha value is -1.86. The Labute approximate surface area is 160 Å². The molecule has 3 aliphatic rings. The van der Waals surface area contributed by atoms with Crippen molar-refractivity contribution in [3.63, 3.8) is 0 Å². The highest BCUT2D eigenvalue weighted by molar-refractivity contribution is 7.80. The lowest BCUT2D eigenvalue weighted by molar-refractivity contribution is -0.129. The maximum atomic E-state index is 12.9. The SMILES string of the molecule is CCN(CC)CCN1C(=O)C2C=CC(C(=O)N3CCCC3)=CC2=NC1=S. The standard InChI is InChI=1S/C19H26N4O2S/c1-3-21(4-2)11-12-23-18(25)15-8-7-14(13-16(15)20-19(23)26)17(24)22-9-5-6-10-22/h7-8,13,15H,3-6,9-12H2,1-2H3. The third kappa shape index (κ3) is 3.78. The maximum Gasteiger partial charge on any atom is 0.253 e. The molecule has 2 heterocycles. The average molecular weight is 375 g/mol. The van der Waals surface area contributed by atoms with Crippen molar-refractivity contribution in [1.82, 2.24) is 14.7 Å². The Bertz CT molecular complexity index is 688. The van der Waals surface area contributed by atoms with Gasteiger partial charge in [-0.15, -0.1) is 0 Å². The van der Waals surface area contributed by atoms with Crippen LogP contribution in [0.15, 0.2) is 28.8 Å². The molecule has 26 heavy (non-hydrogen) atoms. The number of thiocarbonyl (C=S) groups is 1. The lowest BCUT2D eigenvalue weighted by Gasteiger charge is -2.32. The first-order chi connectivity index (χ1) is 12.5. The van der Waals surface area contributed by atoms with Gasteiger partial charge < -0.3 is 9.80 Å².